The van der Waals surface area contributed by atoms with Crippen LogP contribution in [0.3, 0.4) is 0 Å². The van der Waals surface area contributed by atoms with E-state index >= 15 is 0 Å². The number of anilines is 1. The van der Waals surface area contributed by atoms with E-state index in [1.165, 1.54) is 0 Å². The first-order valence-corrected chi connectivity index (χ1v) is 6.72. The van der Waals surface area contributed by atoms with E-state index in [9.17, 15) is 0 Å². The maximum atomic E-state index is 5.44. The van der Waals surface area contributed by atoms with Gasteiger partial charge in [0, 0.05) is 32.7 Å². The molecule has 3 heterocycles. The van der Waals surface area contributed by atoms with E-state index in [0.29, 0.717) is 11.8 Å². The second-order valence-electron chi connectivity index (χ2n) is 5.46. The van der Waals surface area contributed by atoms with Crippen LogP contribution in [0, 0.1) is 5.92 Å². The molecule has 1 N–H and O–H groups in total. The van der Waals surface area contributed by atoms with Crippen LogP contribution in [0.15, 0.2) is 4.52 Å². The van der Waals surface area contributed by atoms with Crippen molar-refractivity contribution in [3.8, 4) is 0 Å². The molecule has 2 fully saturated rings. The van der Waals surface area contributed by atoms with Crippen LogP contribution in [0.1, 0.15) is 18.7 Å². The van der Waals surface area contributed by atoms with Gasteiger partial charge in [0.15, 0.2) is 0 Å². The van der Waals surface area contributed by atoms with Crippen LogP contribution in [-0.2, 0) is 0 Å². The lowest BCUT2D eigenvalue weighted by Gasteiger charge is -2.31. The molecule has 2 saturated heterocycles. The third-order valence-electron chi connectivity index (χ3n) is 4.05. The summed E-state index contributed by atoms with van der Waals surface area (Å²) in [7, 11) is 2.14. The van der Waals surface area contributed by atoms with E-state index < -0.39 is 0 Å². The molecule has 0 radical (unpaired) electrons. The van der Waals surface area contributed by atoms with Crippen LogP contribution in [-0.4, -0.2) is 61.4 Å². The van der Waals surface area contributed by atoms with Gasteiger partial charge in [-0.25, -0.2) is 0 Å². The van der Waals surface area contributed by atoms with E-state index in [4.69, 9.17) is 4.52 Å². The summed E-state index contributed by atoms with van der Waals surface area (Å²) in [6.07, 6.45) is 0. The Morgan fingerprint density at radius 1 is 1.22 bits per heavy atom. The van der Waals surface area contributed by atoms with Crippen molar-refractivity contribution >= 4 is 5.95 Å². The highest BCUT2D eigenvalue weighted by molar-refractivity contribution is 5.29. The first-order chi connectivity index (χ1) is 8.74. The van der Waals surface area contributed by atoms with E-state index in [1.54, 1.807) is 0 Å². The normalized spacial score (nSPS) is 30.0. The molecule has 0 amide bonds. The lowest BCUT2D eigenvalue weighted by molar-refractivity contribution is 0.307. The number of nitrogens with zero attached hydrogens (tertiary/aromatic N) is 4. The number of hydrogen-bond acceptors (Lipinski definition) is 6. The van der Waals surface area contributed by atoms with E-state index in [-0.39, 0.29) is 0 Å². The van der Waals surface area contributed by atoms with Crippen LogP contribution < -0.4 is 10.2 Å². The Kier molecular flexibility index (Phi) is 3.22. The first kappa shape index (κ1) is 11.9. The Morgan fingerprint density at radius 2 is 2.00 bits per heavy atom. The Balaban J connectivity index is 1.69. The molecule has 3 rings (SSSR count). The summed E-state index contributed by atoms with van der Waals surface area (Å²) < 4.78 is 5.44. The summed E-state index contributed by atoms with van der Waals surface area (Å²) in [4.78, 5) is 9.11. The Bertz CT molecular complexity index is 399. The highest BCUT2D eigenvalue weighted by atomic mass is 16.5. The fourth-order valence-corrected chi connectivity index (χ4v) is 2.65. The van der Waals surface area contributed by atoms with Crippen molar-refractivity contribution < 1.29 is 4.52 Å². The van der Waals surface area contributed by atoms with Gasteiger partial charge in [-0.3, -0.25) is 0 Å². The molecular formula is C12H21N5O. The minimum atomic E-state index is 0.374. The summed E-state index contributed by atoms with van der Waals surface area (Å²) in [5.41, 5.74) is 0. The number of aromatic nitrogens is 2. The number of hydrogen-bond donors (Lipinski definition) is 1. The van der Waals surface area contributed by atoms with E-state index in [0.717, 1.165) is 51.1 Å². The summed E-state index contributed by atoms with van der Waals surface area (Å²) in [6, 6.07) is 0. The van der Waals surface area contributed by atoms with Gasteiger partial charge in [-0.1, -0.05) is 6.92 Å². The minimum absolute atomic E-state index is 0.374. The molecule has 6 heteroatoms. The average Bonchev–Trinajstić information content (AvgIpc) is 2.98. The Labute approximate surface area is 107 Å². The monoisotopic (exact) mass is 251 g/mol. The van der Waals surface area contributed by atoms with Crippen molar-refractivity contribution in [3.63, 3.8) is 0 Å². The number of piperazine rings is 1. The quantitative estimate of drug-likeness (QED) is 0.807. The molecule has 100 valence electrons. The SMILES string of the molecule is C[C@@H]1CNC[C@H]1c1nc(N2CCN(C)CC2)no1. The van der Waals surface area contributed by atoms with Gasteiger partial charge in [0.1, 0.15) is 0 Å². The average molecular weight is 251 g/mol. The van der Waals surface area contributed by atoms with Gasteiger partial charge in [0.05, 0.1) is 5.92 Å². The highest BCUT2D eigenvalue weighted by Gasteiger charge is 2.30. The van der Waals surface area contributed by atoms with Crippen molar-refractivity contribution in [3.05, 3.63) is 5.89 Å². The lowest BCUT2D eigenvalue weighted by atomic mass is 9.98. The molecule has 0 saturated carbocycles. The predicted molar refractivity (Wildman–Crippen MR) is 68.8 cm³/mol. The largest absolute Gasteiger partial charge is 0.337 e. The summed E-state index contributed by atoms with van der Waals surface area (Å²) in [6.45, 7) is 8.30. The molecule has 2 aliphatic heterocycles. The van der Waals surface area contributed by atoms with Gasteiger partial charge in [-0.15, -0.1) is 0 Å². The van der Waals surface area contributed by atoms with E-state index in [2.05, 4.69) is 39.2 Å². The number of rotatable bonds is 2. The number of likely N-dealkylation sites (N-methyl/N-ethyl adjacent to an activating group) is 1. The van der Waals surface area contributed by atoms with Gasteiger partial charge >= 0.3 is 0 Å². The van der Waals surface area contributed by atoms with Crippen molar-refractivity contribution in [1.29, 1.82) is 0 Å². The molecule has 0 bridgehead atoms. The smallest absolute Gasteiger partial charge is 0.266 e. The fourth-order valence-electron chi connectivity index (χ4n) is 2.65. The van der Waals surface area contributed by atoms with Crippen LogP contribution in [0.5, 0.6) is 0 Å². The van der Waals surface area contributed by atoms with E-state index in [1.807, 2.05) is 0 Å². The second kappa shape index (κ2) is 4.85. The number of nitrogens with one attached hydrogen (secondary N) is 1. The molecule has 0 aromatic carbocycles. The van der Waals surface area contributed by atoms with Gasteiger partial charge in [-0.2, -0.15) is 4.98 Å². The third-order valence-corrected chi connectivity index (χ3v) is 4.05. The second-order valence-corrected chi connectivity index (χ2v) is 5.46. The molecule has 1 aromatic heterocycles. The topological polar surface area (TPSA) is 57.4 Å². The summed E-state index contributed by atoms with van der Waals surface area (Å²) in [5, 5.41) is 7.50. The van der Waals surface area contributed by atoms with Crippen molar-refractivity contribution in [2.75, 3.05) is 51.2 Å². The zero-order valence-electron chi connectivity index (χ0n) is 11.1. The molecule has 2 atom stereocenters. The molecule has 18 heavy (non-hydrogen) atoms. The standard InChI is InChI=1S/C12H21N5O/c1-9-7-13-8-10(9)11-14-12(15-18-11)17-5-3-16(2)4-6-17/h9-10,13H,3-8H2,1-2H3/t9-,10-/m1/s1. The zero-order chi connectivity index (χ0) is 12.5. The molecule has 1 aromatic rings. The van der Waals surface area contributed by atoms with Gasteiger partial charge < -0.3 is 19.6 Å². The summed E-state index contributed by atoms with van der Waals surface area (Å²) >= 11 is 0. The Morgan fingerprint density at radius 3 is 2.67 bits per heavy atom. The van der Waals surface area contributed by atoms with Crippen molar-refractivity contribution in [1.82, 2.24) is 20.4 Å². The maximum Gasteiger partial charge on any atom is 0.266 e. The fraction of sp³-hybridized carbons (Fsp3) is 0.833. The lowest BCUT2D eigenvalue weighted by Crippen LogP contribution is -2.44. The van der Waals surface area contributed by atoms with Crippen LogP contribution in [0.2, 0.25) is 0 Å². The first-order valence-electron chi connectivity index (χ1n) is 6.72. The molecular weight excluding hydrogens is 230 g/mol. The van der Waals surface area contributed by atoms with Crippen molar-refractivity contribution in [2.45, 2.75) is 12.8 Å². The van der Waals surface area contributed by atoms with Gasteiger partial charge in [0.2, 0.25) is 5.89 Å². The van der Waals surface area contributed by atoms with Crippen LogP contribution >= 0.6 is 0 Å². The molecule has 0 aliphatic carbocycles. The molecule has 0 unspecified atom stereocenters. The Hall–Kier alpha value is -1.14. The van der Waals surface area contributed by atoms with Crippen LogP contribution in [0.25, 0.3) is 0 Å². The highest BCUT2D eigenvalue weighted by Crippen LogP contribution is 2.27. The molecule has 6 nitrogen and oxygen atoms in total. The van der Waals surface area contributed by atoms with Gasteiger partial charge in [0.25, 0.3) is 5.95 Å². The van der Waals surface area contributed by atoms with Gasteiger partial charge in [-0.05, 0) is 24.7 Å². The third kappa shape index (κ3) is 2.22. The minimum Gasteiger partial charge on any atom is -0.337 e. The summed E-state index contributed by atoms with van der Waals surface area (Å²) in [5.74, 6) is 2.50. The zero-order valence-corrected chi connectivity index (χ0v) is 11.1. The van der Waals surface area contributed by atoms with Crippen LogP contribution in [0.4, 0.5) is 5.95 Å². The molecule has 0 spiro atoms. The maximum absolute atomic E-state index is 5.44. The van der Waals surface area contributed by atoms with Crippen molar-refractivity contribution in [2.24, 2.45) is 5.92 Å². The molecule has 2 aliphatic rings. The predicted octanol–water partition coefficient (Wildman–Crippen LogP) is 0.144.